The van der Waals surface area contributed by atoms with Crippen molar-refractivity contribution in [3.05, 3.63) is 66.2 Å². The van der Waals surface area contributed by atoms with Gasteiger partial charge in [0.15, 0.2) is 0 Å². The molecule has 0 saturated carbocycles. The fourth-order valence-electron chi connectivity index (χ4n) is 1.90. The van der Waals surface area contributed by atoms with Crippen LogP contribution < -0.4 is 4.74 Å². The third kappa shape index (κ3) is 3.42. The monoisotopic (exact) mass is 284 g/mol. The number of rotatable bonds is 5. The summed E-state index contributed by atoms with van der Waals surface area (Å²) in [5.74, 6) is 0.893. The third-order valence-electron chi connectivity index (χ3n) is 2.96. The second-order valence-corrected chi connectivity index (χ2v) is 4.36. The highest BCUT2D eigenvalue weighted by molar-refractivity contribution is 5.89. The van der Waals surface area contributed by atoms with Gasteiger partial charge >= 0.3 is 5.97 Å². The van der Waals surface area contributed by atoms with E-state index in [0.717, 1.165) is 0 Å². The molecule has 0 radical (unpaired) electrons. The summed E-state index contributed by atoms with van der Waals surface area (Å²) in [6, 6.07) is 11.7. The van der Waals surface area contributed by atoms with Gasteiger partial charge in [-0.2, -0.15) is 0 Å². The molecule has 0 amide bonds. The Morgan fingerprint density at radius 3 is 2.57 bits per heavy atom. The first-order chi connectivity index (χ1) is 10.2. The van der Waals surface area contributed by atoms with E-state index < -0.39 is 5.97 Å². The van der Waals surface area contributed by atoms with E-state index >= 15 is 0 Å². The summed E-state index contributed by atoms with van der Waals surface area (Å²) in [4.78, 5) is 11.4. The average Bonchev–Trinajstić information content (AvgIpc) is 2.51. The highest BCUT2D eigenvalue weighted by Crippen LogP contribution is 2.32. The zero-order valence-corrected chi connectivity index (χ0v) is 11.7. The molecule has 0 saturated heterocycles. The molecule has 2 aromatic carbocycles. The lowest BCUT2D eigenvalue weighted by molar-refractivity contribution is 0.0600. The molecule has 0 aliphatic heterocycles. The number of ether oxygens (including phenoxy) is 2. The first-order valence-electron chi connectivity index (χ1n) is 6.43. The van der Waals surface area contributed by atoms with Crippen LogP contribution in [0.3, 0.4) is 0 Å². The van der Waals surface area contributed by atoms with Crippen molar-refractivity contribution in [2.45, 2.75) is 6.42 Å². The van der Waals surface area contributed by atoms with Crippen molar-refractivity contribution in [2.24, 2.45) is 0 Å². The number of hydrogen-bond donors (Lipinski definition) is 1. The van der Waals surface area contributed by atoms with Crippen LogP contribution in [0.25, 0.3) is 0 Å². The Hall–Kier alpha value is -2.75. The van der Waals surface area contributed by atoms with E-state index in [-0.39, 0.29) is 5.75 Å². The maximum absolute atomic E-state index is 11.4. The number of benzene rings is 2. The van der Waals surface area contributed by atoms with Crippen LogP contribution in [0.5, 0.6) is 17.2 Å². The van der Waals surface area contributed by atoms with Gasteiger partial charge in [-0.15, -0.1) is 6.58 Å². The van der Waals surface area contributed by atoms with Gasteiger partial charge in [0.25, 0.3) is 0 Å². The van der Waals surface area contributed by atoms with Gasteiger partial charge in [0, 0.05) is 5.56 Å². The quantitative estimate of drug-likeness (QED) is 0.672. The number of aromatic hydroxyl groups is 1. The lowest BCUT2D eigenvalue weighted by Crippen LogP contribution is -2.00. The van der Waals surface area contributed by atoms with E-state index in [1.165, 1.54) is 7.11 Å². The number of hydrogen-bond acceptors (Lipinski definition) is 4. The molecular weight excluding hydrogens is 268 g/mol. The standard InChI is InChI=1S/C17H16O4/c1-3-5-14-15(18)6-4-7-16(14)21-13-10-8-12(9-11-13)17(19)20-2/h3-4,6-11,18H,1,5H2,2H3. The van der Waals surface area contributed by atoms with Crippen molar-refractivity contribution < 1.29 is 19.4 Å². The highest BCUT2D eigenvalue weighted by atomic mass is 16.5. The predicted octanol–water partition coefficient (Wildman–Crippen LogP) is 3.70. The molecule has 2 rings (SSSR count). The van der Waals surface area contributed by atoms with E-state index in [4.69, 9.17) is 4.74 Å². The number of esters is 1. The first-order valence-corrected chi connectivity index (χ1v) is 6.43. The van der Waals surface area contributed by atoms with Gasteiger partial charge in [-0.1, -0.05) is 12.1 Å². The molecule has 21 heavy (non-hydrogen) atoms. The Kier molecular flexibility index (Phi) is 4.61. The lowest BCUT2D eigenvalue weighted by atomic mass is 10.1. The summed E-state index contributed by atoms with van der Waals surface area (Å²) >= 11 is 0. The van der Waals surface area contributed by atoms with E-state index in [1.54, 1.807) is 48.5 Å². The Morgan fingerprint density at radius 2 is 1.95 bits per heavy atom. The molecule has 0 unspecified atom stereocenters. The first kappa shape index (κ1) is 14.7. The van der Waals surface area contributed by atoms with Gasteiger partial charge in [-0.3, -0.25) is 0 Å². The van der Waals surface area contributed by atoms with Gasteiger partial charge < -0.3 is 14.6 Å². The van der Waals surface area contributed by atoms with E-state index in [1.807, 2.05) is 0 Å². The summed E-state index contributed by atoms with van der Waals surface area (Å²) in [5, 5.41) is 9.86. The summed E-state index contributed by atoms with van der Waals surface area (Å²) < 4.78 is 10.4. The van der Waals surface area contributed by atoms with E-state index in [2.05, 4.69) is 11.3 Å². The Bertz CT molecular complexity index is 644. The zero-order valence-electron chi connectivity index (χ0n) is 11.7. The summed E-state index contributed by atoms with van der Waals surface area (Å²) in [5.41, 5.74) is 1.12. The molecule has 2 aromatic rings. The fraction of sp³-hybridized carbons (Fsp3) is 0.118. The van der Waals surface area contributed by atoms with Crippen molar-refractivity contribution in [1.29, 1.82) is 0 Å². The summed E-state index contributed by atoms with van der Waals surface area (Å²) in [6.07, 6.45) is 2.20. The minimum atomic E-state index is -0.397. The minimum Gasteiger partial charge on any atom is -0.508 e. The van der Waals surface area contributed by atoms with Crippen molar-refractivity contribution >= 4 is 5.97 Å². The number of carbonyl (C=O) groups is 1. The van der Waals surface area contributed by atoms with Gasteiger partial charge in [0.05, 0.1) is 12.7 Å². The molecular formula is C17H16O4. The Morgan fingerprint density at radius 1 is 1.24 bits per heavy atom. The van der Waals surface area contributed by atoms with Gasteiger partial charge in [-0.05, 0) is 42.8 Å². The molecule has 4 heteroatoms. The van der Waals surface area contributed by atoms with Gasteiger partial charge in [0.2, 0.25) is 0 Å². The van der Waals surface area contributed by atoms with Crippen LogP contribution in [0, 0.1) is 0 Å². The number of phenolic OH excluding ortho intramolecular Hbond substituents is 1. The van der Waals surface area contributed by atoms with Crippen LogP contribution in [0.2, 0.25) is 0 Å². The number of phenols is 1. The topological polar surface area (TPSA) is 55.8 Å². The van der Waals surface area contributed by atoms with Crippen molar-refractivity contribution in [3.8, 4) is 17.2 Å². The fourth-order valence-corrected chi connectivity index (χ4v) is 1.90. The maximum Gasteiger partial charge on any atom is 0.337 e. The molecule has 108 valence electrons. The molecule has 1 N–H and O–H groups in total. The van der Waals surface area contributed by atoms with Crippen LogP contribution in [0.1, 0.15) is 15.9 Å². The molecule has 0 fully saturated rings. The lowest BCUT2D eigenvalue weighted by Gasteiger charge is -2.11. The van der Waals surface area contributed by atoms with Crippen LogP contribution in [0.15, 0.2) is 55.1 Å². The number of allylic oxidation sites excluding steroid dienone is 1. The Labute approximate surface area is 123 Å². The molecule has 0 aliphatic carbocycles. The molecule has 0 atom stereocenters. The molecule has 0 aromatic heterocycles. The number of carbonyl (C=O) groups excluding carboxylic acids is 1. The van der Waals surface area contributed by atoms with Gasteiger partial charge in [-0.25, -0.2) is 4.79 Å². The average molecular weight is 284 g/mol. The van der Waals surface area contributed by atoms with Crippen LogP contribution in [-0.2, 0) is 11.2 Å². The SMILES string of the molecule is C=CCc1c(O)cccc1Oc1ccc(C(=O)OC)cc1. The van der Waals surface area contributed by atoms with E-state index in [0.29, 0.717) is 29.0 Å². The smallest absolute Gasteiger partial charge is 0.337 e. The van der Waals surface area contributed by atoms with Crippen molar-refractivity contribution in [3.63, 3.8) is 0 Å². The molecule has 0 heterocycles. The zero-order chi connectivity index (χ0) is 15.2. The van der Waals surface area contributed by atoms with E-state index in [9.17, 15) is 9.90 Å². The summed E-state index contributed by atoms with van der Waals surface area (Å²) in [7, 11) is 1.33. The maximum atomic E-state index is 11.4. The second kappa shape index (κ2) is 6.61. The molecule has 0 bridgehead atoms. The number of methoxy groups -OCH3 is 1. The second-order valence-electron chi connectivity index (χ2n) is 4.36. The molecule has 0 spiro atoms. The minimum absolute atomic E-state index is 0.165. The van der Waals surface area contributed by atoms with Crippen molar-refractivity contribution in [1.82, 2.24) is 0 Å². The Balaban J connectivity index is 2.24. The normalized spacial score (nSPS) is 9.95. The van der Waals surface area contributed by atoms with Gasteiger partial charge in [0.1, 0.15) is 17.2 Å². The highest BCUT2D eigenvalue weighted by Gasteiger charge is 2.09. The van der Waals surface area contributed by atoms with Crippen LogP contribution in [0.4, 0.5) is 0 Å². The summed E-state index contributed by atoms with van der Waals surface area (Å²) in [6.45, 7) is 3.67. The largest absolute Gasteiger partial charge is 0.508 e. The predicted molar refractivity (Wildman–Crippen MR) is 79.9 cm³/mol. The van der Waals surface area contributed by atoms with Crippen LogP contribution in [-0.4, -0.2) is 18.2 Å². The molecule has 4 nitrogen and oxygen atoms in total. The van der Waals surface area contributed by atoms with Crippen LogP contribution >= 0.6 is 0 Å². The third-order valence-corrected chi connectivity index (χ3v) is 2.96. The molecule has 0 aliphatic rings. The van der Waals surface area contributed by atoms with Crippen molar-refractivity contribution in [2.75, 3.05) is 7.11 Å².